The van der Waals surface area contributed by atoms with Crippen molar-refractivity contribution in [2.45, 2.75) is 116 Å². The molecule has 0 spiro atoms. The van der Waals surface area contributed by atoms with Crippen molar-refractivity contribution in [1.82, 2.24) is 20.4 Å². The highest BCUT2D eigenvalue weighted by Gasteiger charge is 2.43. The highest BCUT2D eigenvalue weighted by atomic mass is 16.5. The topological polar surface area (TPSA) is 147 Å². The van der Waals surface area contributed by atoms with Gasteiger partial charge in [0, 0.05) is 33.7 Å². The van der Waals surface area contributed by atoms with Crippen molar-refractivity contribution in [2.24, 2.45) is 17.8 Å². The van der Waals surface area contributed by atoms with Crippen LogP contribution in [-0.2, 0) is 28.6 Å². The summed E-state index contributed by atoms with van der Waals surface area (Å²) in [5.74, 6) is -1.79. The van der Waals surface area contributed by atoms with Gasteiger partial charge >= 0.3 is 6.09 Å². The molecule has 0 bridgehead atoms. The average molecular weight is 827 g/mol. The lowest BCUT2D eigenvalue weighted by atomic mass is 9.89. The fourth-order valence-electron chi connectivity index (χ4n) is 9.18. The predicted molar refractivity (Wildman–Crippen MR) is 232 cm³/mol. The number of aliphatic hydroxyl groups is 1. The van der Waals surface area contributed by atoms with Crippen molar-refractivity contribution >= 4 is 23.8 Å². The van der Waals surface area contributed by atoms with E-state index < -0.39 is 48.4 Å². The van der Waals surface area contributed by atoms with Gasteiger partial charge < -0.3 is 39.8 Å². The van der Waals surface area contributed by atoms with E-state index in [9.17, 15) is 24.3 Å². The van der Waals surface area contributed by atoms with Gasteiger partial charge in [0.25, 0.3) is 0 Å². The second-order valence-corrected chi connectivity index (χ2v) is 16.9. The van der Waals surface area contributed by atoms with Gasteiger partial charge in [0.2, 0.25) is 17.7 Å². The molecule has 0 radical (unpaired) electrons. The van der Waals surface area contributed by atoms with Crippen LogP contribution in [0.5, 0.6) is 0 Å². The Kier molecular flexibility index (Phi) is 16.3. The molecule has 3 aromatic rings. The van der Waals surface area contributed by atoms with Gasteiger partial charge in [0.1, 0.15) is 12.6 Å². The summed E-state index contributed by atoms with van der Waals surface area (Å²) < 4.78 is 17.8. The van der Waals surface area contributed by atoms with Crippen molar-refractivity contribution in [3.05, 3.63) is 95.6 Å². The van der Waals surface area contributed by atoms with E-state index in [4.69, 9.17) is 14.2 Å². The minimum absolute atomic E-state index is 0.00307. The number of likely N-dealkylation sites (N-methyl/N-ethyl adjacent to an activating group) is 1. The SMILES string of the molecule is CC[C@H](C)[C@@H]([C@@H](CC(=O)N1CCC[C@H]1C(OC)[C@@H](C)C(=O)N[C@H](C)C(O)c1ccccc1)OC)N(C)C(=O)[C@@H](NC(=O)OCC1c2ccccc2-c2ccccc21)C(C)C. The number of ether oxygens (including phenoxy) is 3. The highest BCUT2D eigenvalue weighted by Crippen LogP contribution is 2.44. The number of alkyl carbamates (subject to hydrolysis) is 1. The third kappa shape index (κ3) is 10.4. The zero-order valence-corrected chi connectivity index (χ0v) is 36.8. The summed E-state index contributed by atoms with van der Waals surface area (Å²) in [5, 5.41) is 16.7. The lowest BCUT2D eigenvalue weighted by Gasteiger charge is -2.40. The monoisotopic (exact) mass is 826 g/mol. The van der Waals surface area contributed by atoms with Gasteiger partial charge in [-0.25, -0.2) is 4.79 Å². The van der Waals surface area contributed by atoms with Crippen LogP contribution in [0, 0.1) is 17.8 Å². The maximum atomic E-state index is 14.4. The van der Waals surface area contributed by atoms with Gasteiger partial charge in [-0.1, -0.05) is 120 Å². The van der Waals surface area contributed by atoms with E-state index in [1.165, 1.54) is 0 Å². The zero-order chi connectivity index (χ0) is 43.7. The van der Waals surface area contributed by atoms with Crippen LogP contribution < -0.4 is 10.6 Å². The number of carbonyl (C=O) groups is 4. The number of methoxy groups -OCH3 is 2. The van der Waals surface area contributed by atoms with E-state index in [1.54, 1.807) is 44.9 Å². The number of amides is 4. The summed E-state index contributed by atoms with van der Waals surface area (Å²) in [6.07, 6.45) is -0.692. The molecule has 4 amide bonds. The van der Waals surface area contributed by atoms with Gasteiger partial charge in [-0.05, 0) is 59.4 Å². The summed E-state index contributed by atoms with van der Waals surface area (Å²) in [7, 11) is 4.81. The summed E-state index contributed by atoms with van der Waals surface area (Å²) in [4.78, 5) is 59.0. The van der Waals surface area contributed by atoms with Gasteiger partial charge in [-0.15, -0.1) is 0 Å². The molecule has 1 heterocycles. The van der Waals surface area contributed by atoms with E-state index in [0.717, 1.165) is 28.7 Å². The normalized spacial score (nSPS) is 18.9. The highest BCUT2D eigenvalue weighted by molar-refractivity contribution is 5.86. The Morgan fingerprint density at radius 3 is 2.02 bits per heavy atom. The molecule has 1 aliphatic carbocycles. The van der Waals surface area contributed by atoms with Crippen molar-refractivity contribution in [2.75, 3.05) is 34.4 Å². The molecular weight excluding hydrogens is 761 g/mol. The Bertz CT molecular complexity index is 1860. The Labute approximate surface area is 356 Å². The molecule has 326 valence electrons. The summed E-state index contributed by atoms with van der Waals surface area (Å²) >= 11 is 0. The quantitative estimate of drug-likeness (QED) is 0.121. The van der Waals surface area contributed by atoms with Crippen LogP contribution in [0.15, 0.2) is 78.9 Å². The fraction of sp³-hybridized carbons (Fsp3) is 0.542. The predicted octanol–water partition coefficient (Wildman–Crippen LogP) is 6.71. The number of likely N-dealkylation sites (tertiary alicyclic amines) is 1. The number of aliphatic hydroxyl groups excluding tert-OH is 1. The van der Waals surface area contributed by atoms with Gasteiger partial charge in [-0.2, -0.15) is 0 Å². The largest absolute Gasteiger partial charge is 0.449 e. The first-order chi connectivity index (χ1) is 28.7. The van der Waals surface area contributed by atoms with E-state index in [1.807, 2.05) is 82.3 Å². The van der Waals surface area contributed by atoms with Crippen molar-refractivity contribution in [3.8, 4) is 11.1 Å². The molecule has 1 fully saturated rings. The molecule has 3 N–H and O–H groups in total. The molecule has 5 rings (SSSR count). The minimum atomic E-state index is -0.889. The van der Waals surface area contributed by atoms with E-state index in [2.05, 4.69) is 34.9 Å². The summed E-state index contributed by atoms with van der Waals surface area (Å²) in [6.45, 7) is 12.0. The fourth-order valence-corrected chi connectivity index (χ4v) is 9.18. The first kappa shape index (κ1) is 46.3. The second kappa shape index (κ2) is 21.1. The maximum absolute atomic E-state index is 14.4. The molecule has 12 heteroatoms. The van der Waals surface area contributed by atoms with E-state index >= 15 is 0 Å². The first-order valence-electron chi connectivity index (χ1n) is 21.5. The van der Waals surface area contributed by atoms with Crippen molar-refractivity contribution in [3.63, 3.8) is 0 Å². The van der Waals surface area contributed by atoms with Crippen LogP contribution in [0.25, 0.3) is 11.1 Å². The van der Waals surface area contributed by atoms with Crippen LogP contribution in [0.4, 0.5) is 4.79 Å². The van der Waals surface area contributed by atoms with Gasteiger partial charge in [0.05, 0.1) is 48.8 Å². The van der Waals surface area contributed by atoms with Crippen LogP contribution >= 0.6 is 0 Å². The van der Waals surface area contributed by atoms with E-state index in [-0.39, 0.29) is 54.5 Å². The number of nitrogens with one attached hydrogen (secondary N) is 2. The average Bonchev–Trinajstić information content (AvgIpc) is 3.87. The summed E-state index contributed by atoms with van der Waals surface area (Å²) in [6, 6.07) is 23.1. The Hall–Kier alpha value is -4.78. The zero-order valence-electron chi connectivity index (χ0n) is 36.8. The number of hydrogen-bond acceptors (Lipinski definition) is 8. The maximum Gasteiger partial charge on any atom is 0.407 e. The molecule has 3 aromatic carbocycles. The number of nitrogens with zero attached hydrogens (tertiary/aromatic N) is 2. The Balaban J connectivity index is 1.24. The van der Waals surface area contributed by atoms with E-state index in [0.29, 0.717) is 24.9 Å². The van der Waals surface area contributed by atoms with Crippen LogP contribution in [0.2, 0.25) is 0 Å². The molecular formula is C48H66N4O8. The smallest absolute Gasteiger partial charge is 0.407 e. The van der Waals surface area contributed by atoms with Crippen molar-refractivity contribution in [1.29, 1.82) is 0 Å². The standard InChI is InChI=1S/C48H66N4O8/c1-10-30(4)43(51(7)47(56)42(29(2)3)50-48(57)60-28-38-36-23-16-14-21-34(36)35-22-15-17-24-37(35)38)40(58-8)27-41(53)52-26-18-25-39(52)45(59-9)31(5)46(55)49-32(6)44(54)33-19-12-11-13-20-33/h11-17,19-24,29-32,38-40,42-45,54H,10,18,25-28H2,1-9H3,(H,49,55)(H,50,57)/t30-,31+,32+,39-,40+,42-,43-,44?,45?/m0/s1. The Morgan fingerprint density at radius 1 is 0.850 bits per heavy atom. The van der Waals surface area contributed by atoms with Crippen LogP contribution in [0.1, 0.15) is 95.9 Å². The lowest BCUT2D eigenvalue weighted by Crippen LogP contribution is -2.58. The molecule has 9 atom stereocenters. The van der Waals surface area contributed by atoms with Crippen LogP contribution in [-0.4, -0.2) is 110 Å². The Morgan fingerprint density at radius 2 is 1.45 bits per heavy atom. The lowest BCUT2D eigenvalue weighted by molar-refractivity contribution is -0.147. The number of benzene rings is 3. The number of rotatable bonds is 19. The molecule has 2 aliphatic rings. The first-order valence-corrected chi connectivity index (χ1v) is 21.5. The molecule has 1 aliphatic heterocycles. The minimum Gasteiger partial charge on any atom is -0.449 e. The molecule has 60 heavy (non-hydrogen) atoms. The molecule has 12 nitrogen and oxygen atoms in total. The molecule has 2 unspecified atom stereocenters. The van der Waals surface area contributed by atoms with Gasteiger partial charge in [-0.3, -0.25) is 14.4 Å². The molecule has 0 saturated carbocycles. The second-order valence-electron chi connectivity index (χ2n) is 16.9. The summed E-state index contributed by atoms with van der Waals surface area (Å²) in [5.41, 5.74) is 5.16. The third-order valence-electron chi connectivity index (χ3n) is 12.8. The number of fused-ring (bicyclic) bond motifs is 3. The number of carbonyl (C=O) groups excluding carboxylic acids is 4. The van der Waals surface area contributed by atoms with Gasteiger partial charge in [0.15, 0.2) is 0 Å². The van der Waals surface area contributed by atoms with Crippen molar-refractivity contribution < 1.29 is 38.5 Å². The molecule has 0 aromatic heterocycles. The number of hydrogen-bond donors (Lipinski definition) is 3. The van der Waals surface area contributed by atoms with Crippen LogP contribution in [0.3, 0.4) is 0 Å². The third-order valence-corrected chi connectivity index (χ3v) is 12.8. The molecule has 1 saturated heterocycles.